The van der Waals surface area contributed by atoms with Gasteiger partial charge in [-0.25, -0.2) is 8.42 Å². The molecule has 178 valence electrons. The minimum absolute atomic E-state index is 0.0111. The van der Waals surface area contributed by atoms with Crippen molar-refractivity contribution in [2.45, 2.75) is 36.8 Å². The van der Waals surface area contributed by atoms with Crippen LogP contribution in [0.3, 0.4) is 0 Å². The van der Waals surface area contributed by atoms with Gasteiger partial charge in [0.15, 0.2) is 17.6 Å². The molecule has 0 unspecified atom stereocenters. The molecule has 11 heteroatoms. The van der Waals surface area contributed by atoms with E-state index in [0.717, 1.165) is 4.31 Å². The number of nitriles is 1. The Labute approximate surface area is 197 Å². The molecule has 0 aromatic heterocycles. The lowest BCUT2D eigenvalue weighted by atomic mass is 10.2. The summed E-state index contributed by atoms with van der Waals surface area (Å²) in [4.78, 5) is 25.3. The van der Waals surface area contributed by atoms with Crippen LogP contribution < -0.4 is 14.8 Å². The van der Waals surface area contributed by atoms with Crippen molar-refractivity contribution in [3.05, 3.63) is 48.0 Å². The van der Waals surface area contributed by atoms with Gasteiger partial charge in [-0.2, -0.15) is 9.57 Å². The van der Waals surface area contributed by atoms with E-state index in [1.54, 1.807) is 24.3 Å². The monoisotopic (exact) mass is 485 g/mol. The number of ether oxygens (including phenoxy) is 3. The second-order valence-corrected chi connectivity index (χ2v) is 9.73. The molecule has 0 saturated carbocycles. The summed E-state index contributed by atoms with van der Waals surface area (Å²) in [5, 5.41) is 11.5. The fourth-order valence-electron chi connectivity index (χ4n) is 3.76. The molecule has 0 spiro atoms. The molecule has 1 amide bonds. The Morgan fingerprint density at radius 2 is 1.85 bits per heavy atom. The topological polar surface area (TPSA) is 135 Å². The van der Waals surface area contributed by atoms with Crippen LogP contribution in [0.15, 0.2) is 47.4 Å². The van der Waals surface area contributed by atoms with Crippen molar-refractivity contribution >= 4 is 27.6 Å². The second kappa shape index (κ2) is 9.70. The summed E-state index contributed by atoms with van der Waals surface area (Å²) in [6.07, 6.45) is -0.385. The van der Waals surface area contributed by atoms with Crippen LogP contribution >= 0.6 is 0 Å². The van der Waals surface area contributed by atoms with E-state index in [4.69, 9.17) is 19.5 Å². The van der Waals surface area contributed by atoms with Gasteiger partial charge in [-0.1, -0.05) is 0 Å². The maximum atomic E-state index is 13.3. The Kier molecular flexibility index (Phi) is 6.72. The van der Waals surface area contributed by atoms with Crippen LogP contribution in [0, 0.1) is 11.3 Å². The third-order valence-corrected chi connectivity index (χ3v) is 7.44. The van der Waals surface area contributed by atoms with E-state index in [1.807, 2.05) is 6.07 Å². The number of anilines is 1. The van der Waals surface area contributed by atoms with Crippen LogP contribution in [0.2, 0.25) is 0 Å². The number of carbonyl (C=O) groups excluding carboxylic acids is 2. The SMILES string of the molecule is C[C@H](OC(=O)[C@@H]1CCCN1S(=O)(=O)c1ccc2c(c1)OCCO2)C(=O)Nc1ccc(C#N)cc1. The lowest BCUT2D eigenvalue weighted by Crippen LogP contribution is -2.43. The first-order chi connectivity index (χ1) is 16.3. The molecule has 2 atom stereocenters. The molecular weight excluding hydrogens is 462 g/mol. The highest BCUT2D eigenvalue weighted by Gasteiger charge is 2.41. The molecule has 1 saturated heterocycles. The summed E-state index contributed by atoms with van der Waals surface area (Å²) in [5.74, 6) is -0.568. The summed E-state index contributed by atoms with van der Waals surface area (Å²) in [5.41, 5.74) is 0.883. The van der Waals surface area contributed by atoms with Crippen LogP contribution in [0.5, 0.6) is 11.5 Å². The third-order valence-electron chi connectivity index (χ3n) is 5.54. The molecule has 1 N–H and O–H groups in total. The number of amides is 1. The highest BCUT2D eigenvalue weighted by atomic mass is 32.2. The van der Waals surface area contributed by atoms with Gasteiger partial charge in [0.25, 0.3) is 5.91 Å². The average molecular weight is 486 g/mol. The predicted octanol–water partition coefficient (Wildman–Crippen LogP) is 2.05. The predicted molar refractivity (Wildman–Crippen MR) is 120 cm³/mol. The zero-order valence-corrected chi connectivity index (χ0v) is 19.2. The van der Waals surface area contributed by atoms with E-state index >= 15 is 0 Å². The first-order valence-electron chi connectivity index (χ1n) is 10.7. The van der Waals surface area contributed by atoms with Crippen LogP contribution in [0.4, 0.5) is 5.69 Å². The molecule has 0 bridgehead atoms. The van der Waals surface area contributed by atoms with Gasteiger partial charge in [0, 0.05) is 18.3 Å². The van der Waals surface area contributed by atoms with Crippen LogP contribution in [0.25, 0.3) is 0 Å². The number of nitrogens with one attached hydrogen (secondary N) is 1. The highest BCUT2D eigenvalue weighted by Crippen LogP contribution is 2.35. The van der Waals surface area contributed by atoms with Crippen molar-refractivity contribution in [1.82, 2.24) is 4.31 Å². The molecule has 34 heavy (non-hydrogen) atoms. The smallest absolute Gasteiger partial charge is 0.325 e. The highest BCUT2D eigenvalue weighted by molar-refractivity contribution is 7.89. The summed E-state index contributed by atoms with van der Waals surface area (Å²) < 4.78 is 43.9. The first-order valence-corrected chi connectivity index (χ1v) is 12.2. The van der Waals surface area contributed by atoms with Gasteiger partial charge in [-0.3, -0.25) is 9.59 Å². The summed E-state index contributed by atoms with van der Waals surface area (Å²) in [6.45, 7) is 2.27. The molecule has 2 aliphatic heterocycles. The zero-order chi connectivity index (χ0) is 24.3. The van der Waals surface area contributed by atoms with Gasteiger partial charge < -0.3 is 19.5 Å². The van der Waals surface area contributed by atoms with Crippen molar-refractivity contribution < 1.29 is 32.2 Å². The number of esters is 1. The maximum Gasteiger partial charge on any atom is 0.325 e. The van der Waals surface area contributed by atoms with Gasteiger partial charge in [0.05, 0.1) is 16.5 Å². The van der Waals surface area contributed by atoms with E-state index in [1.165, 1.54) is 25.1 Å². The summed E-state index contributed by atoms with van der Waals surface area (Å²) in [7, 11) is -4.01. The molecular formula is C23H23N3O7S. The number of benzene rings is 2. The molecule has 2 heterocycles. The Balaban J connectivity index is 1.43. The van der Waals surface area contributed by atoms with E-state index in [2.05, 4.69) is 5.32 Å². The molecule has 4 rings (SSSR count). The molecule has 2 aliphatic rings. The number of sulfonamides is 1. The van der Waals surface area contributed by atoms with Gasteiger partial charge in [-0.15, -0.1) is 0 Å². The van der Waals surface area contributed by atoms with E-state index in [-0.39, 0.29) is 17.9 Å². The molecule has 2 aromatic carbocycles. The lowest BCUT2D eigenvalue weighted by Gasteiger charge is -2.25. The van der Waals surface area contributed by atoms with Crippen LogP contribution in [-0.4, -0.2) is 56.5 Å². The number of rotatable bonds is 6. The minimum atomic E-state index is -4.01. The van der Waals surface area contributed by atoms with Crippen molar-refractivity contribution in [3.8, 4) is 17.6 Å². The van der Waals surface area contributed by atoms with E-state index in [0.29, 0.717) is 42.4 Å². The Morgan fingerprint density at radius 1 is 1.15 bits per heavy atom. The molecule has 0 aliphatic carbocycles. The molecule has 1 fully saturated rings. The minimum Gasteiger partial charge on any atom is -0.486 e. The fourth-order valence-corrected chi connectivity index (χ4v) is 5.42. The number of hydrogen-bond donors (Lipinski definition) is 1. The summed E-state index contributed by atoms with van der Waals surface area (Å²) in [6, 6.07) is 11.5. The molecule has 2 aromatic rings. The quantitative estimate of drug-likeness (QED) is 0.614. The van der Waals surface area contributed by atoms with Crippen molar-refractivity contribution in [2.24, 2.45) is 0 Å². The number of nitrogens with zero attached hydrogens (tertiary/aromatic N) is 2. The van der Waals surface area contributed by atoms with Crippen molar-refractivity contribution in [3.63, 3.8) is 0 Å². The van der Waals surface area contributed by atoms with Gasteiger partial charge in [-0.05, 0) is 56.2 Å². The number of carbonyl (C=O) groups is 2. The fraction of sp³-hybridized carbons (Fsp3) is 0.348. The molecule has 10 nitrogen and oxygen atoms in total. The van der Waals surface area contributed by atoms with E-state index < -0.39 is 34.0 Å². The third kappa shape index (κ3) is 4.83. The number of hydrogen-bond acceptors (Lipinski definition) is 8. The summed E-state index contributed by atoms with van der Waals surface area (Å²) >= 11 is 0. The van der Waals surface area contributed by atoms with Gasteiger partial charge >= 0.3 is 5.97 Å². The zero-order valence-electron chi connectivity index (χ0n) is 18.4. The van der Waals surface area contributed by atoms with Crippen molar-refractivity contribution in [1.29, 1.82) is 5.26 Å². The largest absolute Gasteiger partial charge is 0.486 e. The standard InChI is InChI=1S/C23H23N3O7S/c1-15(22(27)25-17-6-4-16(14-24)5-7-17)33-23(28)19-3-2-10-26(19)34(29,30)18-8-9-20-21(13-18)32-12-11-31-20/h4-9,13,15,19H,2-3,10-12H2,1H3,(H,25,27)/t15-,19-/m0/s1. The Morgan fingerprint density at radius 3 is 2.56 bits per heavy atom. The maximum absolute atomic E-state index is 13.3. The average Bonchev–Trinajstić information content (AvgIpc) is 3.35. The Hall–Kier alpha value is -3.62. The van der Waals surface area contributed by atoms with Crippen LogP contribution in [0.1, 0.15) is 25.3 Å². The first kappa shape index (κ1) is 23.5. The molecule has 0 radical (unpaired) electrons. The Bertz CT molecular complexity index is 1240. The van der Waals surface area contributed by atoms with Crippen molar-refractivity contribution in [2.75, 3.05) is 25.1 Å². The van der Waals surface area contributed by atoms with E-state index in [9.17, 15) is 18.0 Å². The second-order valence-electron chi connectivity index (χ2n) is 7.84. The normalized spacial score (nSPS) is 18.5. The number of fused-ring (bicyclic) bond motifs is 1. The van der Waals surface area contributed by atoms with Gasteiger partial charge in [0.1, 0.15) is 19.3 Å². The van der Waals surface area contributed by atoms with Crippen LogP contribution in [-0.2, 0) is 24.3 Å². The lowest BCUT2D eigenvalue weighted by molar-refractivity contribution is -0.156. The van der Waals surface area contributed by atoms with Gasteiger partial charge in [0.2, 0.25) is 10.0 Å².